The Morgan fingerprint density at radius 1 is 1.28 bits per heavy atom. The average molecular weight is 340 g/mol. The highest BCUT2D eigenvalue weighted by atomic mass is 16.5. The van der Waals surface area contributed by atoms with Gasteiger partial charge in [-0.1, -0.05) is 13.8 Å². The van der Waals surface area contributed by atoms with Crippen LogP contribution >= 0.6 is 0 Å². The van der Waals surface area contributed by atoms with E-state index in [4.69, 9.17) is 10.5 Å². The Balaban J connectivity index is 2.21. The Bertz CT molecular complexity index is 862. The lowest BCUT2D eigenvalue weighted by atomic mass is 9.76. The van der Waals surface area contributed by atoms with E-state index in [1.807, 2.05) is 26.0 Å². The summed E-state index contributed by atoms with van der Waals surface area (Å²) in [5, 5.41) is 0. The summed E-state index contributed by atoms with van der Waals surface area (Å²) in [4.78, 5) is 24.0. The molecule has 132 valence electrons. The molecule has 1 aliphatic rings. The zero-order chi connectivity index (χ0) is 18.4. The Kier molecular flexibility index (Phi) is 4.19. The number of ether oxygens (including phenoxy) is 1. The van der Waals surface area contributed by atoms with Crippen LogP contribution in [0.2, 0.25) is 0 Å². The number of aryl methyl sites for hydroxylation is 1. The van der Waals surface area contributed by atoms with Crippen LogP contribution in [0.15, 0.2) is 24.3 Å². The molecule has 2 N–H and O–H groups in total. The molecule has 1 amide bonds. The molecule has 0 aliphatic heterocycles. The Labute approximate surface area is 147 Å². The number of hydrogen-bond donors (Lipinski definition) is 1. The first kappa shape index (κ1) is 17.3. The quantitative estimate of drug-likeness (QED) is 0.926. The molecular weight excluding hydrogens is 316 g/mol. The second kappa shape index (κ2) is 6.06. The van der Waals surface area contributed by atoms with Crippen LogP contribution in [0.3, 0.4) is 0 Å². The van der Waals surface area contributed by atoms with E-state index < -0.39 is 5.91 Å². The summed E-state index contributed by atoms with van der Waals surface area (Å²) >= 11 is 0. The van der Waals surface area contributed by atoms with E-state index in [2.05, 4.69) is 18.4 Å². The minimum atomic E-state index is -0.491. The van der Waals surface area contributed by atoms with Crippen molar-refractivity contribution in [3.63, 3.8) is 0 Å². The number of benzene rings is 1. The molecule has 0 spiro atoms. The van der Waals surface area contributed by atoms with Crippen molar-refractivity contribution in [2.75, 3.05) is 6.61 Å². The van der Waals surface area contributed by atoms with Gasteiger partial charge in [0.05, 0.1) is 12.3 Å². The number of fused-ring (bicyclic) bond motifs is 1. The number of Topliss-reactive ketones (excluding diaryl/α,β-unsaturated/α-hetero) is 1. The molecule has 0 saturated heterocycles. The van der Waals surface area contributed by atoms with Gasteiger partial charge in [0, 0.05) is 28.9 Å². The molecule has 1 aliphatic carbocycles. The molecule has 0 atom stereocenters. The van der Waals surface area contributed by atoms with Gasteiger partial charge < -0.3 is 15.0 Å². The molecule has 0 fully saturated rings. The normalized spacial score (nSPS) is 15.8. The van der Waals surface area contributed by atoms with E-state index in [1.165, 1.54) is 0 Å². The summed E-state index contributed by atoms with van der Waals surface area (Å²) in [7, 11) is 0. The van der Waals surface area contributed by atoms with Gasteiger partial charge in [-0.25, -0.2) is 0 Å². The summed E-state index contributed by atoms with van der Waals surface area (Å²) in [5.41, 5.74) is 9.32. The molecule has 1 aromatic heterocycles. The van der Waals surface area contributed by atoms with Crippen molar-refractivity contribution in [3.8, 4) is 11.4 Å². The van der Waals surface area contributed by atoms with Crippen molar-refractivity contribution < 1.29 is 14.3 Å². The molecule has 0 saturated carbocycles. The van der Waals surface area contributed by atoms with Crippen LogP contribution < -0.4 is 10.5 Å². The summed E-state index contributed by atoms with van der Waals surface area (Å²) < 4.78 is 7.84. The van der Waals surface area contributed by atoms with Crippen molar-refractivity contribution in [1.29, 1.82) is 0 Å². The number of aromatic nitrogens is 1. The van der Waals surface area contributed by atoms with Gasteiger partial charge in [-0.3, -0.25) is 9.59 Å². The molecule has 0 radical (unpaired) electrons. The monoisotopic (exact) mass is 340 g/mol. The van der Waals surface area contributed by atoms with E-state index in [1.54, 1.807) is 12.1 Å². The predicted molar refractivity (Wildman–Crippen MR) is 96.6 cm³/mol. The first-order chi connectivity index (χ1) is 11.7. The number of rotatable bonds is 4. The number of amides is 1. The van der Waals surface area contributed by atoms with Gasteiger partial charge in [0.1, 0.15) is 5.75 Å². The van der Waals surface area contributed by atoms with Gasteiger partial charge in [-0.05, 0) is 49.9 Å². The second-order valence-electron chi connectivity index (χ2n) is 7.40. The zero-order valence-electron chi connectivity index (χ0n) is 15.2. The number of ketones is 1. The van der Waals surface area contributed by atoms with Gasteiger partial charge >= 0.3 is 0 Å². The fourth-order valence-corrected chi connectivity index (χ4v) is 3.61. The van der Waals surface area contributed by atoms with Crippen molar-refractivity contribution in [3.05, 3.63) is 46.8 Å². The third-order valence-electron chi connectivity index (χ3n) is 4.66. The highest BCUT2D eigenvalue weighted by molar-refractivity contribution is 5.99. The maximum absolute atomic E-state index is 12.5. The molecule has 1 heterocycles. The molecule has 5 nitrogen and oxygen atoms in total. The third kappa shape index (κ3) is 3.06. The number of nitrogens with zero attached hydrogens (tertiary/aromatic N) is 1. The van der Waals surface area contributed by atoms with Gasteiger partial charge in [-0.2, -0.15) is 0 Å². The third-order valence-corrected chi connectivity index (χ3v) is 4.66. The fraction of sp³-hybridized carbons (Fsp3) is 0.400. The van der Waals surface area contributed by atoms with Crippen LogP contribution in [0, 0.1) is 12.3 Å². The van der Waals surface area contributed by atoms with Crippen molar-refractivity contribution >= 4 is 11.7 Å². The minimum absolute atomic E-state index is 0.0778. The van der Waals surface area contributed by atoms with E-state index in [-0.39, 0.29) is 11.2 Å². The summed E-state index contributed by atoms with van der Waals surface area (Å²) in [6, 6.07) is 7.15. The zero-order valence-corrected chi connectivity index (χ0v) is 15.2. The SMILES string of the molecule is CCOc1cc(C(N)=O)ccc1-n1c(C)cc2c1CC(C)(C)CC2=O. The van der Waals surface area contributed by atoms with E-state index in [0.29, 0.717) is 24.3 Å². The molecule has 1 aromatic carbocycles. The highest BCUT2D eigenvalue weighted by Crippen LogP contribution is 2.39. The topological polar surface area (TPSA) is 74.3 Å². The highest BCUT2D eigenvalue weighted by Gasteiger charge is 2.34. The maximum Gasteiger partial charge on any atom is 0.248 e. The van der Waals surface area contributed by atoms with Gasteiger partial charge in [0.2, 0.25) is 5.91 Å². The standard InChI is InChI=1S/C20H24N2O3/c1-5-25-18-9-13(19(21)24)6-7-15(18)22-12(2)8-14-16(22)10-20(3,4)11-17(14)23/h6-9H,5,10-11H2,1-4H3,(H2,21,24). The lowest BCUT2D eigenvalue weighted by Crippen LogP contribution is -2.28. The van der Waals surface area contributed by atoms with Crippen LogP contribution in [0.5, 0.6) is 5.75 Å². The summed E-state index contributed by atoms with van der Waals surface area (Å²) in [6.07, 6.45) is 1.37. The van der Waals surface area contributed by atoms with Gasteiger partial charge in [0.25, 0.3) is 0 Å². The number of hydrogen-bond acceptors (Lipinski definition) is 3. The Morgan fingerprint density at radius 3 is 2.64 bits per heavy atom. The van der Waals surface area contributed by atoms with Crippen LogP contribution in [-0.4, -0.2) is 22.9 Å². The lowest BCUT2D eigenvalue weighted by Gasteiger charge is -2.30. The van der Waals surface area contributed by atoms with Crippen molar-refractivity contribution in [2.24, 2.45) is 11.1 Å². The van der Waals surface area contributed by atoms with Crippen LogP contribution in [0.25, 0.3) is 5.69 Å². The molecule has 0 bridgehead atoms. The van der Waals surface area contributed by atoms with Crippen LogP contribution in [0.4, 0.5) is 0 Å². The molecule has 3 rings (SSSR count). The Morgan fingerprint density at radius 2 is 2.00 bits per heavy atom. The lowest BCUT2D eigenvalue weighted by molar-refractivity contribution is 0.0910. The second-order valence-corrected chi connectivity index (χ2v) is 7.40. The van der Waals surface area contributed by atoms with E-state index in [9.17, 15) is 9.59 Å². The number of carbonyl (C=O) groups excluding carboxylic acids is 2. The molecular formula is C20H24N2O3. The minimum Gasteiger partial charge on any atom is -0.492 e. The maximum atomic E-state index is 12.5. The number of nitrogens with two attached hydrogens (primary N) is 1. The Hall–Kier alpha value is -2.56. The van der Waals surface area contributed by atoms with Crippen molar-refractivity contribution in [1.82, 2.24) is 4.57 Å². The number of primary amides is 1. The van der Waals surface area contributed by atoms with E-state index >= 15 is 0 Å². The molecule has 2 aromatic rings. The summed E-state index contributed by atoms with van der Waals surface area (Å²) in [6.45, 7) is 8.57. The molecule has 5 heteroatoms. The first-order valence-electron chi connectivity index (χ1n) is 8.55. The van der Waals surface area contributed by atoms with Gasteiger partial charge in [-0.15, -0.1) is 0 Å². The largest absolute Gasteiger partial charge is 0.492 e. The summed E-state index contributed by atoms with van der Waals surface area (Å²) in [5.74, 6) is 0.283. The van der Waals surface area contributed by atoms with Crippen LogP contribution in [0.1, 0.15) is 59.3 Å². The first-order valence-corrected chi connectivity index (χ1v) is 8.55. The molecule has 25 heavy (non-hydrogen) atoms. The van der Waals surface area contributed by atoms with Crippen LogP contribution in [-0.2, 0) is 6.42 Å². The van der Waals surface area contributed by atoms with Crippen molar-refractivity contribution in [2.45, 2.75) is 40.5 Å². The predicted octanol–water partition coefficient (Wildman–Crippen LogP) is 3.44. The van der Waals surface area contributed by atoms with E-state index in [0.717, 1.165) is 29.1 Å². The fourth-order valence-electron chi connectivity index (χ4n) is 3.61. The average Bonchev–Trinajstić information content (AvgIpc) is 2.83. The van der Waals surface area contributed by atoms with Gasteiger partial charge in [0.15, 0.2) is 5.78 Å². The smallest absolute Gasteiger partial charge is 0.248 e. The molecule has 0 unspecified atom stereocenters. The number of carbonyl (C=O) groups is 2.